The zero-order valence-corrected chi connectivity index (χ0v) is 7.45. The van der Waals surface area contributed by atoms with Crippen molar-refractivity contribution in [3.8, 4) is 0 Å². The van der Waals surface area contributed by atoms with Gasteiger partial charge in [0, 0.05) is 5.69 Å². The van der Waals surface area contributed by atoms with Gasteiger partial charge in [0.05, 0.1) is 6.04 Å². The number of benzene rings is 1. The Labute approximate surface area is 76.9 Å². The van der Waals surface area contributed by atoms with Gasteiger partial charge in [-0.2, -0.15) is 0 Å². The topological polar surface area (TPSA) is 81.1 Å². The van der Waals surface area contributed by atoms with Crippen LogP contribution in [0.25, 0.3) is 0 Å². The standard InChI is InChI=1S/C9H13N3O/c1-6(12-9(11)13)7-3-2-4-8(10)5-7/h2-6H,10H2,1H3,(H3,11,12,13). The highest BCUT2D eigenvalue weighted by molar-refractivity contribution is 5.72. The summed E-state index contributed by atoms with van der Waals surface area (Å²) in [6, 6.07) is 6.68. The molecule has 1 rings (SSSR count). The molecule has 4 nitrogen and oxygen atoms in total. The molecule has 2 amide bonds. The summed E-state index contributed by atoms with van der Waals surface area (Å²) in [4.78, 5) is 10.5. The molecule has 0 aliphatic rings. The Bertz CT molecular complexity index is 311. The second-order valence-electron chi connectivity index (χ2n) is 2.90. The number of primary amides is 1. The van der Waals surface area contributed by atoms with Gasteiger partial charge < -0.3 is 16.8 Å². The molecule has 1 atom stereocenters. The third-order valence-corrected chi connectivity index (χ3v) is 1.77. The van der Waals surface area contributed by atoms with Gasteiger partial charge in [0.15, 0.2) is 0 Å². The molecule has 0 radical (unpaired) electrons. The summed E-state index contributed by atoms with van der Waals surface area (Å²) in [5.74, 6) is 0. The Morgan fingerprint density at radius 2 is 2.23 bits per heavy atom. The van der Waals surface area contributed by atoms with E-state index in [4.69, 9.17) is 11.5 Å². The molecule has 0 aromatic heterocycles. The first-order valence-corrected chi connectivity index (χ1v) is 4.01. The maximum atomic E-state index is 10.5. The molecule has 70 valence electrons. The first-order valence-electron chi connectivity index (χ1n) is 4.01. The fourth-order valence-corrected chi connectivity index (χ4v) is 1.13. The minimum atomic E-state index is -0.532. The molecule has 0 fully saturated rings. The van der Waals surface area contributed by atoms with Crippen LogP contribution in [-0.2, 0) is 0 Å². The van der Waals surface area contributed by atoms with Gasteiger partial charge in [0.2, 0.25) is 0 Å². The molecule has 0 spiro atoms. The van der Waals surface area contributed by atoms with E-state index in [9.17, 15) is 4.79 Å². The number of urea groups is 1. The first-order chi connectivity index (χ1) is 6.09. The third-order valence-electron chi connectivity index (χ3n) is 1.77. The summed E-state index contributed by atoms with van der Waals surface area (Å²) in [5.41, 5.74) is 12.2. The molecule has 1 aromatic carbocycles. The highest BCUT2D eigenvalue weighted by atomic mass is 16.2. The fraction of sp³-hybridized carbons (Fsp3) is 0.222. The van der Waals surface area contributed by atoms with Crippen molar-refractivity contribution >= 4 is 11.7 Å². The van der Waals surface area contributed by atoms with Crippen LogP contribution in [0, 0.1) is 0 Å². The van der Waals surface area contributed by atoms with E-state index in [1.54, 1.807) is 12.1 Å². The number of nitrogens with one attached hydrogen (secondary N) is 1. The summed E-state index contributed by atoms with van der Waals surface area (Å²) in [6.07, 6.45) is 0. The van der Waals surface area contributed by atoms with E-state index in [2.05, 4.69) is 5.32 Å². The molecule has 0 bridgehead atoms. The third kappa shape index (κ3) is 2.66. The summed E-state index contributed by atoms with van der Waals surface area (Å²) in [5, 5.41) is 2.57. The van der Waals surface area contributed by atoms with Gasteiger partial charge in [0.25, 0.3) is 0 Å². The lowest BCUT2D eigenvalue weighted by Gasteiger charge is -2.12. The van der Waals surface area contributed by atoms with Crippen LogP contribution in [0.2, 0.25) is 0 Å². The van der Waals surface area contributed by atoms with Crippen LogP contribution in [0.3, 0.4) is 0 Å². The maximum Gasteiger partial charge on any atom is 0.312 e. The molecule has 1 aromatic rings. The maximum absolute atomic E-state index is 10.5. The van der Waals surface area contributed by atoms with Gasteiger partial charge >= 0.3 is 6.03 Å². The van der Waals surface area contributed by atoms with Gasteiger partial charge in [0.1, 0.15) is 0 Å². The van der Waals surface area contributed by atoms with Gasteiger partial charge in [-0.1, -0.05) is 12.1 Å². The van der Waals surface area contributed by atoms with Gasteiger partial charge in [-0.15, -0.1) is 0 Å². The summed E-state index contributed by atoms with van der Waals surface area (Å²) in [6.45, 7) is 1.85. The highest BCUT2D eigenvalue weighted by Gasteiger charge is 2.05. The summed E-state index contributed by atoms with van der Waals surface area (Å²) >= 11 is 0. The SMILES string of the molecule is CC(NC(N)=O)c1cccc(N)c1. The number of hydrogen-bond acceptors (Lipinski definition) is 2. The lowest BCUT2D eigenvalue weighted by atomic mass is 10.1. The number of rotatable bonds is 2. The molecular weight excluding hydrogens is 166 g/mol. The Kier molecular flexibility index (Phi) is 2.74. The van der Waals surface area contributed by atoms with Crippen LogP contribution < -0.4 is 16.8 Å². The molecule has 0 saturated heterocycles. The molecule has 13 heavy (non-hydrogen) atoms. The van der Waals surface area contributed by atoms with E-state index in [0.29, 0.717) is 5.69 Å². The number of amides is 2. The molecule has 0 saturated carbocycles. The van der Waals surface area contributed by atoms with Gasteiger partial charge in [-0.05, 0) is 24.6 Å². The number of hydrogen-bond donors (Lipinski definition) is 3. The lowest BCUT2D eigenvalue weighted by Crippen LogP contribution is -2.31. The predicted molar refractivity (Wildman–Crippen MR) is 52.0 cm³/mol. The minimum Gasteiger partial charge on any atom is -0.399 e. The van der Waals surface area contributed by atoms with E-state index in [-0.39, 0.29) is 6.04 Å². The second-order valence-corrected chi connectivity index (χ2v) is 2.90. The number of nitrogens with two attached hydrogens (primary N) is 2. The average Bonchev–Trinajstić information content (AvgIpc) is 2.03. The second kappa shape index (κ2) is 3.80. The number of carbonyl (C=O) groups excluding carboxylic acids is 1. The van der Waals surface area contributed by atoms with Crippen LogP contribution >= 0.6 is 0 Å². The van der Waals surface area contributed by atoms with Crippen molar-refractivity contribution in [3.63, 3.8) is 0 Å². The molecule has 4 heteroatoms. The quantitative estimate of drug-likeness (QED) is 0.592. The molecule has 0 heterocycles. The Morgan fingerprint density at radius 3 is 2.77 bits per heavy atom. The van der Waals surface area contributed by atoms with E-state index in [1.165, 1.54) is 0 Å². The zero-order valence-electron chi connectivity index (χ0n) is 7.45. The van der Waals surface area contributed by atoms with Gasteiger partial charge in [-0.3, -0.25) is 0 Å². The van der Waals surface area contributed by atoms with Crippen molar-refractivity contribution in [1.82, 2.24) is 5.32 Å². The predicted octanol–water partition coefficient (Wildman–Crippen LogP) is 0.998. The molecule has 1 unspecified atom stereocenters. The van der Waals surface area contributed by atoms with E-state index >= 15 is 0 Å². The Morgan fingerprint density at radius 1 is 1.54 bits per heavy atom. The fourth-order valence-electron chi connectivity index (χ4n) is 1.13. The normalized spacial score (nSPS) is 12.1. The van der Waals surface area contributed by atoms with Crippen LogP contribution in [-0.4, -0.2) is 6.03 Å². The van der Waals surface area contributed by atoms with E-state index in [1.807, 2.05) is 19.1 Å². The minimum absolute atomic E-state index is 0.110. The monoisotopic (exact) mass is 179 g/mol. The lowest BCUT2D eigenvalue weighted by molar-refractivity contribution is 0.246. The molecule has 0 aliphatic carbocycles. The van der Waals surface area contributed by atoms with Crippen LogP contribution in [0.1, 0.15) is 18.5 Å². The van der Waals surface area contributed by atoms with Crippen molar-refractivity contribution in [2.75, 3.05) is 5.73 Å². The van der Waals surface area contributed by atoms with Gasteiger partial charge in [-0.25, -0.2) is 4.79 Å². The van der Waals surface area contributed by atoms with Crippen molar-refractivity contribution in [2.45, 2.75) is 13.0 Å². The molecule has 0 aliphatic heterocycles. The highest BCUT2D eigenvalue weighted by Crippen LogP contribution is 2.14. The first kappa shape index (κ1) is 9.38. The van der Waals surface area contributed by atoms with Crippen LogP contribution in [0.5, 0.6) is 0 Å². The number of anilines is 1. The number of carbonyl (C=O) groups is 1. The van der Waals surface area contributed by atoms with E-state index < -0.39 is 6.03 Å². The summed E-state index contributed by atoms with van der Waals surface area (Å²) < 4.78 is 0. The molecule has 5 N–H and O–H groups in total. The van der Waals surface area contributed by atoms with Crippen LogP contribution in [0.15, 0.2) is 24.3 Å². The molecular formula is C9H13N3O. The van der Waals surface area contributed by atoms with E-state index in [0.717, 1.165) is 5.56 Å². The Hall–Kier alpha value is -1.71. The zero-order chi connectivity index (χ0) is 9.84. The largest absolute Gasteiger partial charge is 0.399 e. The Balaban J connectivity index is 2.76. The van der Waals surface area contributed by atoms with Crippen molar-refractivity contribution < 1.29 is 4.79 Å². The number of nitrogen functional groups attached to an aromatic ring is 1. The average molecular weight is 179 g/mol. The summed E-state index contributed by atoms with van der Waals surface area (Å²) in [7, 11) is 0. The van der Waals surface area contributed by atoms with Crippen LogP contribution in [0.4, 0.5) is 10.5 Å². The van der Waals surface area contributed by atoms with Crippen molar-refractivity contribution in [3.05, 3.63) is 29.8 Å². The van der Waals surface area contributed by atoms with Crippen molar-refractivity contribution in [1.29, 1.82) is 0 Å². The van der Waals surface area contributed by atoms with Crippen molar-refractivity contribution in [2.24, 2.45) is 5.73 Å². The smallest absolute Gasteiger partial charge is 0.312 e.